The van der Waals surface area contributed by atoms with E-state index in [1.807, 2.05) is 6.07 Å². The number of hydrogen-bond donors (Lipinski definition) is 1. The zero-order valence-electron chi connectivity index (χ0n) is 10.8. The molecule has 0 aliphatic heterocycles. The first-order chi connectivity index (χ1) is 8.58. The van der Waals surface area contributed by atoms with Crippen molar-refractivity contribution in [1.29, 1.82) is 0 Å². The Kier molecular flexibility index (Phi) is 3.89. The highest BCUT2D eigenvalue weighted by molar-refractivity contribution is 7.71. The molecule has 1 N–H and O–H groups in total. The first-order valence-corrected chi connectivity index (χ1v) is 6.17. The van der Waals surface area contributed by atoms with Crippen LogP contribution < -0.4 is 0 Å². The number of methoxy groups -OCH3 is 1. The van der Waals surface area contributed by atoms with Gasteiger partial charge < -0.3 is 9.72 Å². The molecule has 3 nitrogen and oxygen atoms in total. The van der Waals surface area contributed by atoms with Gasteiger partial charge in [-0.15, -0.1) is 0 Å². The van der Waals surface area contributed by atoms with Crippen molar-refractivity contribution in [2.45, 2.75) is 20.5 Å². The van der Waals surface area contributed by atoms with E-state index in [1.165, 1.54) is 11.1 Å². The number of aromatic nitrogens is 2. The maximum Gasteiger partial charge on any atom is 0.134 e. The molecule has 2 aromatic rings. The Morgan fingerprint density at radius 1 is 1.17 bits per heavy atom. The smallest absolute Gasteiger partial charge is 0.134 e. The lowest BCUT2D eigenvalue weighted by atomic mass is 10.0. The van der Waals surface area contributed by atoms with E-state index in [-0.39, 0.29) is 0 Å². The van der Waals surface area contributed by atoms with E-state index in [1.54, 1.807) is 7.11 Å². The highest BCUT2D eigenvalue weighted by Gasteiger charge is 2.03. The quantitative estimate of drug-likeness (QED) is 0.857. The Morgan fingerprint density at radius 3 is 2.44 bits per heavy atom. The number of nitrogens with one attached hydrogen (secondary N) is 1. The lowest BCUT2D eigenvalue weighted by Crippen LogP contribution is -1.99. The molecule has 0 amide bonds. The number of rotatable bonds is 3. The van der Waals surface area contributed by atoms with Gasteiger partial charge in [0, 0.05) is 12.8 Å². The van der Waals surface area contributed by atoms with Gasteiger partial charge in [0.1, 0.15) is 17.1 Å². The average Bonchev–Trinajstić information content (AvgIpc) is 2.27. The summed E-state index contributed by atoms with van der Waals surface area (Å²) in [5.74, 6) is 0.749. The van der Waals surface area contributed by atoms with Crippen LogP contribution in [0.2, 0.25) is 0 Å². The molecule has 0 saturated carbocycles. The lowest BCUT2D eigenvalue weighted by molar-refractivity contribution is 0.177. The summed E-state index contributed by atoms with van der Waals surface area (Å²) in [4.78, 5) is 7.48. The highest BCUT2D eigenvalue weighted by Crippen LogP contribution is 2.20. The van der Waals surface area contributed by atoms with Gasteiger partial charge in [-0.2, -0.15) is 0 Å². The Bertz CT molecular complexity index is 599. The van der Waals surface area contributed by atoms with Crippen LogP contribution in [0.4, 0.5) is 0 Å². The number of nitrogens with zero attached hydrogens (tertiary/aromatic N) is 1. The molecular weight excluding hydrogens is 244 g/mol. The third-order valence-electron chi connectivity index (χ3n) is 2.61. The van der Waals surface area contributed by atoms with Crippen molar-refractivity contribution in [2.75, 3.05) is 7.11 Å². The number of aromatic amines is 1. The van der Waals surface area contributed by atoms with Gasteiger partial charge in [-0.1, -0.05) is 29.4 Å². The van der Waals surface area contributed by atoms with Crippen molar-refractivity contribution in [3.8, 4) is 11.3 Å². The summed E-state index contributed by atoms with van der Waals surface area (Å²) in [6.07, 6.45) is 0. The molecule has 4 heteroatoms. The largest absolute Gasteiger partial charge is 0.377 e. The SMILES string of the molecule is COCc1nc(=S)cc(-c2cc(C)cc(C)c2)[nH]1. The highest BCUT2D eigenvalue weighted by atomic mass is 32.1. The van der Waals surface area contributed by atoms with Crippen LogP contribution in [0.25, 0.3) is 11.3 Å². The number of H-pyrrole nitrogens is 1. The zero-order chi connectivity index (χ0) is 13.1. The van der Waals surface area contributed by atoms with E-state index in [0.717, 1.165) is 17.1 Å². The Morgan fingerprint density at radius 2 is 1.83 bits per heavy atom. The lowest BCUT2D eigenvalue weighted by Gasteiger charge is -2.07. The molecule has 1 aromatic carbocycles. The molecular formula is C14H16N2OS. The van der Waals surface area contributed by atoms with Gasteiger partial charge in [-0.25, -0.2) is 4.98 Å². The summed E-state index contributed by atoms with van der Waals surface area (Å²) < 4.78 is 5.66. The van der Waals surface area contributed by atoms with Crippen molar-refractivity contribution in [2.24, 2.45) is 0 Å². The molecule has 18 heavy (non-hydrogen) atoms. The number of ether oxygens (including phenoxy) is 1. The van der Waals surface area contributed by atoms with Crippen LogP contribution in [0.1, 0.15) is 17.0 Å². The third-order valence-corrected chi connectivity index (χ3v) is 2.81. The molecule has 0 fully saturated rings. The predicted molar refractivity (Wildman–Crippen MR) is 75.0 cm³/mol. The zero-order valence-corrected chi connectivity index (χ0v) is 11.6. The molecule has 0 saturated heterocycles. The standard InChI is InChI=1S/C14H16N2OS/c1-9-4-10(2)6-11(5-9)12-7-14(18)16-13(15-12)8-17-3/h4-7H,8H2,1-3H3,(H,15,16,18). The average molecular weight is 260 g/mol. The molecule has 0 radical (unpaired) electrons. The molecule has 0 spiro atoms. The molecule has 1 aromatic heterocycles. The van der Waals surface area contributed by atoms with Crippen molar-refractivity contribution in [3.05, 3.63) is 45.9 Å². The van der Waals surface area contributed by atoms with E-state index in [2.05, 4.69) is 42.0 Å². The van der Waals surface area contributed by atoms with Gasteiger partial charge in [-0.05, 0) is 37.6 Å². The van der Waals surface area contributed by atoms with E-state index in [0.29, 0.717) is 11.2 Å². The minimum absolute atomic E-state index is 0.433. The number of benzene rings is 1. The molecule has 0 unspecified atom stereocenters. The van der Waals surface area contributed by atoms with E-state index < -0.39 is 0 Å². The van der Waals surface area contributed by atoms with Crippen LogP contribution in [-0.2, 0) is 11.3 Å². The van der Waals surface area contributed by atoms with Gasteiger partial charge in [0.15, 0.2) is 0 Å². The summed E-state index contributed by atoms with van der Waals surface area (Å²) >= 11 is 5.18. The molecule has 94 valence electrons. The first-order valence-electron chi connectivity index (χ1n) is 5.76. The summed E-state index contributed by atoms with van der Waals surface area (Å²) in [6, 6.07) is 8.28. The van der Waals surface area contributed by atoms with E-state index in [9.17, 15) is 0 Å². The van der Waals surface area contributed by atoms with E-state index in [4.69, 9.17) is 17.0 Å². The monoisotopic (exact) mass is 260 g/mol. The Balaban J connectivity index is 2.52. The molecule has 2 rings (SSSR count). The molecule has 0 aliphatic rings. The topological polar surface area (TPSA) is 37.9 Å². The second kappa shape index (κ2) is 5.42. The van der Waals surface area contributed by atoms with E-state index >= 15 is 0 Å². The minimum Gasteiger partial charge on any atom is -0.377 e. The number of aryl methyl sites for hydroxylation is 2. The van der Waals surface area contributed by atoms with Crippen LogP contribution in [-0.4, -0.2) is 17.1 Å². The van der Waals surface area contributed by atoms with Crippen molar-refractivity contribution >= 4 is 12.2 Å². The van der Waals surface area contributed by atoms with Crippen LogP contribution in [0, 0.1) is 18.5 Å². The molecule has 0 atom stereocenters. The van der Waals surface area contributed by atoms with Crippen LogP contribution in [0.15, 0.2) is 24.3 Å². The van der Waals surface area contributed by atoms with Gasteiger partial charge in [-0.3, -0.25) is 0 Å². The van der Waals surface area contributed by atoms with Gasteiger partial charge >= 0.3 is 0 Å². The van der Waals surface area contributed by atoms with Gasteiger partial charge in [0.05, 0.1) is 0 Å². The van der Waals surface area contributed by atoms with Gasteiger partial charge in [0.2, 0.25) is 0 Å². The van der Waals surface area contributed by atoms with Crippen LogP contribution >= 0.6 is 12.2 Å². The molecule has 1 heterocycles. The first kappa shape index (κ1) is 12.9. The second-order valence-corrected chi connectivity index (χ2v) is 4.81. The molecule has 0 aliphatic carbocycles. The van der Waals surface area contributed by atoms with Crippen LogP contribution in [0.5, 0.6) is 0 Å². The van der Waals surface area contributed by atoms with Crippen LogP contribution in [0.3, 0.4) is 0 Å². The predicted octanol–water partition coefficient (Wildman–Crippen LogP) is 3.57. The third kappa shape index (κ3) is 3.03. The van der Waals surface area contributed by atoms with Crippen molar-refractivity contribution < 1.29 is 4.74 Å². The normalized spacial score (nSPS) is 10.6. The Labute approximate surface area is 112 Å². The summed E-state index contributed by atoms with van der Waals surface area (Å²) in [5, 5.41) is 0. The fourth-order valence-corrected chi connectivity index (χ4v) is 2.23. The fourth-order valence-electron chi connectivity index (χ4n) is 2.00. The molecule has 0 bridgehead atoms. The summed E-state index contributed by atoms with van der Waals surface area (Å²) in [6.45, 7) is 4.60. The summed E-state index contributed by atoms with van der Waals surface area (Å²) in [7, 11) is 1.64. The fraction of sp³-hybridized carbons (Fsp3) is 0.286. The Hall–Kier alpha value is -1.52. The number of hydrogen-bond acceptors (Lipinski definition) is 3. The maximum absolute atomic E-state index is 5.18. The summed E-state index contributed by atoms with van der Waals surface area (Å²) in [5.41, 5.74) is 4.57. The maximum atomic E-state index is 5.18. The minimum atomic E-state index is 0.433. The van der Waals surface area contributed by atoms with Crippen molar-refractivity contribution in [1.82, 2.24) is 9.97 Å². The van der Waals surface area contributed by atoms with Gasteiger partial charge in [0.25, 0.3) is 0 Å². The van der Waals surface area contributed by atoms with Crippen molar-refractivity contribution in [3.63, 3.8) is 0 Å². The second-order valence-electron chi connectivity index (χ2n) is 4.39.